The van der Waals surface area contributed by atoms with Crippen molar-refractivity contribution < 1.29 is 45.8 Å². The standard InChI is InChI=1S/C22H21ClF5NO5/c1-10-14(20(31)34-9-21(2)7-33-8-21)17(16(19(30)32-3)13(6-24)29-10)15-12(25)5-4-11(23)18(15)22(26,27)28/h4-5,17,29H,6-9H2,1-3H3. The van der Waals surface area contributed by atoms with Crippen LogP contribution >= 0.6 is 11.6 Å². The van der Waals surface area contributed by atoms with Gasteiger partial charge in [0.2, 0.25) is 0 Å². The van der Waals surface area contributed by atoms with Crippen LogP contribution in [0, 0.1) is 11.2 Å². The molecule has 6 nitrogen and oxygen atoms in total. The van der Waals surface area contributed by atoms with Crippen molar-refractivity contribution in [1.82, 2.24) is 5.32 Å². The van der Waals surface area contributed by atoms with Gasteiger partial charge in [0.05, 0.1) is 53.7 Å². The van der Waals surface area contributed by atoms with Gasteiger partial charge >= 0.3 is 18.1 Å². The van der Waals surface area contributed by atoms with Crippen molar-refractivity contribution in [1.29, 1.82) is 0 Å². The second-order valence-electron chi connectivity index (χ2n) is 8.31. The van der Waals surface area contributed by atoms with Gasteiger partial charge in [0.15, 0.2) is 0 Å². The number of rotatable bonds is 6. The molecule has 0 aliphatic carbocycles. The van der Waals surface area contributed by atoms with Crippen molar-refractivity contribution in [3.63, 3.8) is 0 Å². The zero-order valence-corrected chi connectivity index (χ0v) is 19.1. The van der Waals surface area contributed by atoms with Gasteiger partial charge in [-0.25, -0.2) is 18.4 Å². The molecule has 0 bridgehead atoms. The fourth-order valence-corrected chi connectivity index (χ4v) is 4.17. The molecule has 1 aromatic carbocycles. The van der Waals surface area contributed by atoms with E-state index < -0.39 is 74.9 Å². The quantitative estimate of drug-likeness (QED) is 0.452. The Morgan fingerprint density at radius 2 is 1.88 bits per heavy atom. The first-order valence-electron chi connectivity index (χ1n) is 9.99. The number of hydrogen-bond acceptors (Lipinski definition) is 6. The Hall–Kier alpha value is -2.66. The number of methoxy groups -OCH3 is 1. The minimum absolute atomic E-state index is 0.113. The molecule has 1 aromatic rings. The maximum atomic E-state index is 15.1. The van der Waals surface area contributed by atoms with E-state index in [1.807, 2.05) is 0 Å². The number of alkyl halides is 4. The first-order chi connectivity index (χ1) is 15.8. The number of esters is 2. The zero-order chi connectivity index (χ0) is 25.4. The van der Waals surface area contributed by atoms with E-state index in [-0.39, 0.29) is 12.3 Å². The van der Waals surface area contributed by atoms with E-state index in [0.29, 0.717) is 25.3 Å². The smallest absolute Gasteiger partial charge is 0.418 e. The SMILES string of the molecule is COC(=O)C1=C(CF)NC(C)=C(C(=O)OCC2(C)COC2)C1c1c(F)ccc(Cl)c1C(F)(F)F. The third-order valence-corrected chi connectivity index (χ3v) is 5.89. The molecule has 1 saturated heterocycles. The lowest BCUT2D eigenvalue weighted by atomic mass is 9.78. The van der Waals surface area contributed by atoms with E-state index in [9.17, 15) is 27.2 Å². The van der Waals surface area contributed by atoms with Crippen LogP contribution in [0.25, 0.3) is 0 Å². The summed E-state index contributed by atoms with van der Waals surface area (Å²) in [5.74, 6) is -5.78. The topological polar surface area (TPSA) is 73.9 Å². The third-order valence-electron chi connectivity index (χ3n) is 5.57. The second kappa shape index (κ2) is 9.53. The summed E-state index contributed by atoms with van der Waals surface area (Å²) in [4.78, 5) is 25.7. The number of dihydropyridines is 1. The molecular weight excluding hydrogens is 489 g/mol. The number of hydrogen-bond donors (Lipinski definition) is 1. The Morgan fingerprint density at radius 3 is 2.38 bits per heavy atom. The van der Waals surface area contributed by atoms with E-state index >= 15 is 4.39 Å². The molecule has 12 heteroatoms. The molecule has 2 aliphatic heterocycles. The van der Waals surface area contributed by atoms with E-state index in [4.69, 9.17) is 21.1 Å². The minimum Gasteiger partial charge on any atom is -0.466 e. The highest BCUT2D eigenvalue weighted by Gasteiger charge is 2.47. The van der Waals surface area contributed by atoms with Crippen LogP contribution in [0.15, 0.2) is 34.7 Å². The zero-order valence-electron chi connectivity index (χ0n) is 18.4. The van der Waals surface area contributed by atoms with Gasteiger partial charge in [-0.1, -0.05) is 18.5 Å². The summed E-state index contributed by atoms with van der Waals surface area (Å²) in [6.07, 6.45) is -5.17. The molecule has 0 amide bonds. The predicted molar refractivity (Wildman–Crippen MR) is 110 cm³/mol. The van der Waals surface area contributed by atoms with Gasteiger partial charge in [-0.3, -0.25) is 0 Å². The summed E-state index contributed by atoms with van der Waals surface area (Å²) in [5, 5.41) is 1.64. The lowest BCUT2D eigenvalue weighted by Gasteiger charge is -2.38. The number of ether oxygens (including phenoxy) is 3. The number of benzene rings is 1. The van der Waals surface area contributed by atoms with Crippen LogP contribution in [-0.2, 0) is 30.0 Å². The minimum atomic E-state index is -5.17. The van der Waals surface area contributed by atoms with Gasteiger partial charge in [0.25, 0.3) is 0 Å². The second-order valence-corrected chi connectivity index (χ2v) is 8.72. The molecule has 0 aromatic heterocycles. The highest BCUT2D eigenvalue weighted by molar-refractivity contribution is 6.31. The fraction of sp³-hybridized carbons (Fsp3) is 0.455. The molecular formula is C22H21ClF5NO5. The summed E-state index contributed by atoms with van der Waals surface area (Å²) < 4.78 is 86.0. The molecule has 1 atom stereocenters. The normalized spacial score (nSPS) is 20.0. The van der Waals surface area contributed by atoms with E-state index in [1.165, 1.54) is 6.92 Å². The van der Waals surface area contributed by atoms with Crippen molar-refractivity contribution >= 4 is 23.5 Å². The van der Waals surface area contributed by atoms with Crippen LogP contribution < -0.4 is 5.32 Å². The Bertz CT molecular complexity index is 1080. The highest BCUT2D eigenvalue weighted by atomic mass is 35.5. The predicted octanol–water partition coefficient (Wildman–Crippen LogP) is 4.44. The summed E-state index contributed by atoms with van der Waals surface area (Å²) in [7, 11) is 0.919. The van der Waals surface area contributed by atoms with Gasteiger partial charge < -0.3 is 19.5 Å². The summed E-state index contributed by atoms with van der Waals surface area (Å²) in [6.45, 7) is 2.14. The lowest BCUT2D eigenvalue weighted by Crippen LogP contribution is -2.44. The van der Waals surface area contributed by atoms with Crippen molar-refractivity contribution in [3.05, 3.63) is 56.6 Å². The fourth-order valence-electron chi connectivity index (χ4n) is 3.90. The molecule has 34 heavy (non-hydrogen) atoms. The van der Waals surface area contributed by atoms with Gasteiger partial charge in [0, 0.05) is 16.7 Å². The average Bonchev–Trinajstić information content (AvgIpc) is 2.75. The molecule has 186 valence electrons. The number of halogens is 6. The lowest BCUT2D eigenvalue weighted by molar-refractivity contribution is -0.162. The number of carbonyl (C=O) groups is 2. The molecule has 1 unspecified atom stereocenters. The van der Waals surface area contributed by atoms with Gasteiger partial charge in [-0.05, 0) is 19.1 Å². The van der Waals surface area contributed by atoms with Crippen molar-refractivity contribution in [2.75, 3.05) is 33.6 Å². The maximum Gasteiger partial charge on any atom is 0.418 e. The van der Waals surface area contributed by atoms with E-state index in [0.717, 1.165) is 7.11 Å². The monoisotopic (exact) mass is 509 g/mol. The number of nitrogens with one attached hydrogen (secondary N) is 1. The Kier molecular flexibility index (Phi) is 7.28. The van der Waals surface area contributed by atoms with Gasteiger partial charge in [0.1, 0.15) is 19.1 Å². The third kappa shape index (κ3) is 4.76. The van der Waals surface area contributed by atoms with Crippen molar-refractivity contribution in [3.8, 4) is 0 Å². The van der Waals surface area contributed by atoms with Crippen LogP contribution in [-0.4, -0.2) is 45.5 Å². The highest BCUT2D eigenvalue weighted by Crippen LogP contribution is 2.48. The molecule has 0 radical (unpaired) electrons. The summed E-state index contributed by atoms with van der Waals surface area (Å²) in [5.41, 5.74) is -5.02. The molecule has 1 fully saturated rings. The number of allylic oxidation sites excluding steroid dienone is 2. The molecule has 0 saturated carbocycles. The first-order valence-corrected chi connectivity index (χ1v) is 10.4. The van der Waals surface area contributed by atoms with Crippen molar-refractivity contribution in [2.24, 2.45) is 5.41 Å². The summed E-state index contributed by atoms with van der Waals surface area (Å²) >= 11 is 5.79. The largest absolute Gasteiger partial charge is 0.466 e. The van der Waals surface area contributed by atoms with Crippen LogP contribution in [0.5, 0.6) is 0 Å². The van der Waals surface area contributed by atoms with Crippen LogP contribution in [0.2, 0.25) is 5.02 Å². The van der Waals surface area contributed by atoms with Crippen LogP contribution in [0.4, 0.5) is 22.0 Å². The molecule has 2 aliphatic rings. The van der Waals surface area contributed by atoms with Crippen LogP contribution in [0.3, 0.4) is 0 Å². The first kappa shape index (κ1) is 26.0. The van der Waals surface area contributed by atoms with E-state index in [1.54, 1.807) is 6.92 Å². The number of carbonyl (C=O) groups excluding carboxylic acids is 2. The molecule has 2 heterocycles. The van der Waals surface area contributed by atoms with Gasteiger partial charge in [-0.2, -0.15) is 13.2 Å². The van der Waals surface area contributed by atoms with Gasteiger partial charge in [-0.15, -0.1) is 0 Å². The average molecular weight is 510 g/mol. The van der Waals surface area contributed by atoms with E-state index in [2.05, 4.69) is 10.1 Å². The molecule has 1 N–H and O–H groups in total. The molecule has 0 spiro atoms. The Labute approximate surface area is 196 Å². The van der Waals surface area contributed by atoms with Crippen LogP contribution in [0.1, 0.15) is 30.9 Å². The Morgan fingerprint density at radius 1 is 1.24 bits per heavy atom. The van der Waals surface area contributed by atoms with Crippen molar-refractivity contribution in [2.45, 2.75) is 25.9 Å². The Balaban J connectivity index is 2.25. The molecule has 3 rings (SSSR count). The summed E-state index contributed by atoms with van der Waals surface area (Å²) in [6, 6.07) is 1.37. The maximum absolute atomic E-state index is 15.1.